The number of hydrogen-bond donors (Lipinski definition) is 1. The first-order chi connectivity index (χ1) is 23.4. The van der Waals surface area contributed by atoms with Gasteiger partial charge in [0.1, 0.15) is 6.54 Å². The number of hydrogen-bond acceptors (Lipinski definition) is 3. The maximum Gasteiger partial charge on any atom is 0.406 e. The molecule has 1 aliphatic heterocycles. The lowest BCUT2D eigenvalue weighted by molar-refractivity contribution is -0.140. The largest absolute Gasteiger partial charge is 0.407 e. The van der Waals surface area contributed by atoms with E-state index in [9.17, 15) is 13.2 Å². The normalized spacial score (nSPS) is 17.9. The quantitative estimate of drug-likeness (QED) is 0.0738. The van der Waals surface area contributed by atoms with Gasteiger partial charge in [0.25, 0.3) is 8.32 Å². The first-order valence-electron chi connectivity index (χ1n) is 17.9. The van der Waals surface area contributed by atoms with E-state index in [2.05, 4.69) is 98.7 Å². The van der Waals surface area contributed by atoms with Crippen molar-refractivity contribution in [2.24, 2.45) is 5.92 Å². The van der Waals surface area contributed by atoms with Gasteiger partial charge in [0, 0.05) is 30.3 Å². The molecule has 4 nitrogen and oxygen atoms in total. The zero-order valence-electron chi connectivity index (χ0n) is 29.5. The number of unbranched alkanes of at least 4 members (excludes halogenated alkanes) is 5. The Kier molecular flexibility index (Phi) is 13.0. The van der Waals surface area contributed by atoms with Crippen molar-refractivity contribution < 1.29 is 17.6 Å². The predicted molar refractivity (Wildman–Crippen MR) is 210 cm³/mol. The summed E-state index contributed by atoms with van der Waals surface area (Å²) in [7, 11) is -0.281. The highest BCUT2D eigenvalue weighted by molar-refractivity contribution is 14.1. The molecule has 9 heteroatoms. The number of likely N-dealkylation sites (tertiary alicyclic amines) is 1. The van der Waals surface area contributed by atoms with Crippen LogP contribution in [0.15, 0.2) is 84.9 Å². The summed E-state index contributed by atoms with van der Waals surface area (Å²) >= 11 is 2.02. The van der Waals surface area contributed by atoms with E-state index in [0.717, 1.165) is 50.0 Å². The molecule has 49 heavy (non-hydrogen) atoms. The number of benzene rings is 3. The van der Waals surface area contributed by atoms with Crippen molar-refractivity contribution in [3.63, 3.8) is 0 Å². The van der Waals surface area contributed by atoms with Crippen LogP contribution in [0.5, 0.6) is 0 Å². The number of fused-ring (bicyclic) bond motifs is 1. The molecule has 1 saturated heterocycles. The van der Waals surface area contributed by atoms with Crippen LogP contribution in [0.25, 0.3) is 10.9 Å². The van der Waals surface area contributed by atoms with Crippen molar-refractivity contribution in [2.45, 2.75) is 95.9 Å². The zero-order valence-corrected chi connectivity index (χ0v) is 32.7. The van der Waals surface area contributed by atoms with E-state index in [4.69, 9.17) is 4.43 Å². The monoisotopic (exact) mass is 803 g/mol. The van der Waals surface area contributed by atoms with Gasteiger partial charge in [0.2, 0.25) is 0 Å². The maximum atomic E-state index is 13.3. The summed E-state index contributed by atoms with van der Waals surface area (Å²) in [5.74, 6) is 0.505. The number of rotatable bonds is 15. The van der Waals surface area contributed by atoms with E-state index >= 15 is 0 Å². The van der Waals surface area contributed by atoms with Crippen LogP contribution >= 0.6 is 22.6 Å². The number of halogens is 4. The van der Waals surface area contributed by atoms with Crippen LogP contribution in [0.2, 0.25) is 5.04 Å². The summed E-state index contributed by atoms with van der Waals surface area (Å²) < 4.78 is 48.9. The van der Waals surface area contributed by atoms with E-state index in [1.807, 2.05) is 40.8 Å². The zero-order chi connectivity index (χ0) is 35.1. The Morgan fingerprint density at radius 1 is 0.837 bits per heavy atom. The molecule has 4 aromatic rings. The van der Waals surface area contributed by atoms with Crippen molar-refractivity contribution in [1.29, 1.82) is 0 Å². The molecule has 1 fully saturated rings. The molecule has 1 aromatic heterocycles. The third-order valence-electron chi connectivity index (χ3n) is 10.2. The molecule has 0 saturated carbocycles. The standard InChI is InChI=1S/C40H53F3IN3OSi/c1-39(2,3)49(32-19-12-9-13-20-32,33-21-14-10-15-22-33)48-27-16-8-6-5-7-11-18-31-29-46(4)26-25-35(31)45-36-23-17-24-37-34(36)28-38(44)47(37)30-40(41,42)43/h9-10,12-15,17,19-24,28,31,35,45H,5-8,11,16,18,25-27,29-30H2,1-4H3. The topological polar surface area (TPSA) is 29.4 Å². The molecule has 2 unspecified atom stereocenters. The lowest BCUT2D eigenvalue weighted by Crippen LogP contribution is -2.66. The minimum absolute atomic E-state index is 0.00105. The average molecular weight is 804 g/mol. The van der Waals surface area contributed by atoms with Gasteiger partial charge in [-0.05, 0) is 95.0 Å². The Balaban J connectivity index is 1.11. The van der Waals surface area contributed by atoms with Crippen molar-refractivity contribution in [3.8, 4) is 0 Å². The molecule has 266 valence electrons. The Morgan fingerprint density at radius 3 is 2.06 bits per heavy atom. The molecule has 2 atom stereocenters. The van der Waals surface area contributed by atoms with E-state index in [1.165, 1.54) is 47.0 Å². The lowest BCUT2D eigenvalue weighted by atomic mass is 9.87. The summed E-state index contributed by atoms with van der Waals surface area (Å²) in [6.07, 6.45) is 5.02. The number of alkyl halides is 3. The average Bonchev–Trinajstić information content (AvgIpc) is 3.37. The summed E-state index contributed by atoms with van der Waals surface area (Å²) in [6.45, 7) is 8.87. The van der Waals surface area contributed by atoms with E-state index in [0.29, 0.717) is 21.2 Å². The SMILES string of the molecule is CN1CCC(Nc2cccc3c2cc(I)n3CC(F)(F)F)C(CCCCCCCCO[Si](c2ccccc2)(c2ccccc2)C(C)(C)C)C1. The molecule has 1 N–H and O–H groups in total. The van der Waals surface area contributed by atoms with E-state index < -0.39 is 21.0 Å². The second kappa shape index (κ2) is 16.8. The van der Waals surface area contributed by atoms with Crippen molar-refractivity contribution >= 4 is 57.9 Å². The number of piperidine rings is 1. The van der Waals surface area contributed by atoms with Gasteiger partial charge in [-0.2, -0.15) is 13.2 Å². The third kappa shape index (κ3) is 9.51. The summed E-state index contributed by atoms with van der Waals surface area (Å²) in [4.78, 5) is 2.41. The smallest absolute Gasteiger partial charge is 0.406 e. The van der Waals surface area contributed by atoms with E-state index in [-0.39, 0.29) is 5.04 Å². The highest BCUT2D eigenvalue weighted by atomic mass is 127. The van der Waals surface area contributed by atoms with Gasteiger partial charge in [0.15, 0.2) is 0 Å². The van der Waals surface area contributed by atoms with Crippen molar-refractivity contribution in [2.75, 3.05) is 32.1 Å². The summed E-state index contributed by atoms with van der Waals surface area (Å²) in [5, 5.41) is 7.32. The van der Waals surface area contributed by atoms with Crippen LogP contribution in [0.3, 0.4) is 0 Å². The third-order valence-corrected chi connectivity index (χ3v) is 16.2. The molecule has 0 radical (unpaired) electrons. The van der Waals surface area contributed by atoms with Gasteiger partial charge >= 0.3 is 6.18 Å². The fourth-order valence-corrected chi connectivity index (χ4v) is 13.2. The Bertz CT molecular complexity index is 1570. The van der Waals surface area contributed by atoms with Crippen LogP contribution in [0.4, 0.5) is 18.9 Å². The summed E-state index contributed by atoms with van der Waals surface area (Å²) in [5.41, 5.74) is 1.57. The second-order valence-corrected chi connectivity index (χ2v) is 20.3. The molecular formula is C40H53F3IN3OSi. The van der Waals surface area contributed by atoms with Crippen LogP contribution < -0.4 is 15.7 Å². The van der Waals surface area contributed by atoms with Gasteiger partial charge in [0.05, 0.1) is 9.22 Å². The van der Waals surface area contributed by atoms with Gasteiger partial charge in [-0.3, -0.25) is 0 Å². The molecule has 0 spiro atoms. The molecule has 1 aliphatic rings. The molecular weight excluding hydrogens is 750 g/mol. The summed E-state index contributed by atoms with van der Waals surface area (Å²) in [6, 6.07) is 29.6. The Morgan fingerprint density at radius 2 is 1.45 bits per heavy atom. The van der Waals surface area contributed by atoms with Crippen molar-refractivity contribution in [1.82, 2.24) is 9.47 Å². The Labute approximate surface area is 306 Å². The maximum absolute atomic E-state index is 13.3. The van der Waals surface area contributed by atoms with Crippen LogP contribution in [0, 0.1) is 9.62 Å². The highest BCUT2D eigenvalue weighted by Gasteiger charge is 2.50. The van der Waals surface area contributed by atoms with Crippen LogP contribution in [-0.4, -0.2) is 56.7 Å². The van der Waals surface area contributed by atoms with Crippen LogP contribution in [0.1, 0.15) is 72.1 Å². The fraction of sp³-hybridized carbons (Fsp3) is 0.500. The first-order valence-corrected chi connectivity index (χ1v) is 20.9. The molecule has 5 rings (SSSR count). The molecule has 2 heterocycles. The number of nitrogens with zero attached hydrogens (tertiary/aromatic N) is 2. The number of nitrogens with one attached hydrogen (secondary N) is 1. The second-order valence-electron chi connectivity index (χ2n) is 14.9. The van der Waals surface area contributed by atoms with Crippen molar-refractivity contribution in [3.05, 3.63) is 88.6 Å². The first kappa shape index (κ1) is 37.9. The molecule has 0 amide bonds. The lowest BCUT2D eigenvalue weighted by Gasteiger charge is -2.43. The molecule has 0 bridgehead atoms. The minimum atomic E-state index is -4.26. The van der Waals surface area contributed by atoms with Gasteiger partial charge < -0.3 is 19.2 Å². The van der Waals surface area contributed by atoms with Gasteiger partial charge in [-0.15, -0.1) is 0 Å². The minimum Gasteiger partial charge on any atom is -0.407 e. The fourth-order valence-electron chi connectivity index (χ4n) is 7.82. The molecule has 0 aliphatic carbocycles. The van der Waals surface area contributed by atoms with E-state index in [1.54, 1.807) is 6.07 Å². The Hall–Kier alpha value is -2.34. The van der Waals surface area contributed by atoms with Gasteiger partial charge in [-0.1, -0.05) is 120 Å². The highest BCUT2D eigenvalue weighted by Crippen LogP contribution is 2.37. The molecule has 3 aromatic carbocycles. The number of aromatic nitrogens is 1. The van der Waals surface area contributed by atoms with Gasteiger partial charge in [-0.25, -0.2) is 0 Å². The number of anilines is 1. The predicted octanol–water partition coefficient (Wildman–Crippen LogP) is 9.85. The van der Waals surface area contributed by atoms with Crippen LogP contribution in [-0.2, 0) is 11.0 Å².